The third kappa shape index (κ3) is 18.2. The fraction of sp³-hybridized carbons (Fsp3) is 0.524. The van der Waals surface area contributed by atoms with Crippen LogP contribution in [0.4, 0.5) is 0 Å². The third-order valence-corrected chi connectivity index (χ3v) is 12.3. The highest BCUT2D eigenvalue weighted by atomic mass is 16.7. The number of ether oxygens (including phenoxy) is 8. The van der Waals surface area contributed by atoms with E-state index in [1.165, 1.54) is 0 Å². The fourth-order valence-corrected chi connectivity index (χ4v) is 7.36. The predicted molar refractivity (Wildman–Crippen MR) is 302 cm³/mol. The number of rotatable bonds is 17. The van der Waals surface area contributed by atoms with E-state index in [1.54, 1.807) is 153 Å². The van der Waals surface area contributed by atoms with E-state index < -0.39 is 106 Å². The highest BCUT2D eigenvalue weighted by molar-refractivity contribution is 5.91. The standard InChI is InChI=1S/C63H81N3O15/c1-58(2,3)52(68)74-36-35-66-43-27-22-26-42(34-33-40-31-29-39(30-32-40)25-21-28-45(67)64-63(16,17)57(73)75-37-41-23-19-18-20-24-41)46(43)50(65-66)81-51-49(80-56(72)62(13,14)15)48(79-55(71)61(10,11)12)47(78-54(70)60(7,8)9)44(77-51)38-76-53(69)59(4,5)6/h18-27,29-32,44,47-49,51H,28,35-38H2,1-17H3,(H,64,67)/t44-,47-,48+,49-,51+/m1/s1. The molecule has 438 valence electrons. The van der Waals surface area contributed by atoms with Gasteiger partial charge in [0.15, 0.2) is 12.2 Å². The second-order valence-corrected chi connectivity index (χ2v) is 25.7. The summed E-state index contributed by atoms with van der Waals surface area (Å²) in [6.45, 7) is 27.6. The molecule has 1 saturated heterocycles. The summed E-state index contributed by atoms with van der Waals surface area (Å²) in [6, 6.07) is 21.8. The first-order valence-corrected chi connectivity index (χ1v) is 27.1. The average Bonchev–Trinajstić information content (AvgIpc) is 3.90. The van der Waals surface area contributed by atoms with Crippen LogP contribution in [0.3, 0.4) is 0 Å². The zero-order valence-electron chi connectivity index (χ0n) is 50.0. The van der Waals surface area contributed by atoms with Crippen molar-refractivity contribution in [2.45, 2.75) is 174 Å². The number of esters is 6. The highest BCUT2D eigenvalue weighted by Crippen LogP contribution is 2.37. The van der Waals surface area contributed by atoms with Crippen molar-refractivity contribution in [1.29, 1.82) is 0 Å². The summed E-state index contributed by atoms with van der Waals surface area (Å²) in [5, 5.41) is 7.97. The van der Waals surface area contributed by atoms with Crippen molar-refractivity contribution in [2.75, 3.05) is 13.2 Å². The largest absolute Gasteiger partial charge is 0.463 e. The quantitative estimate of drug-likeness (QED) is 0.0590. The molecule has 1 aliphatic heterocycles. The maximum Gasteiger partial charge on any atom is 0.331 e. The van der Waals surface area contributed by atoms with Gasteiger partial charge in [-0.1, -0.05) is 72.5 Å². The lowest BCUT2D eigenvalue weighted by Crippen LogP contribution is -2.65. The number of hydrogen-bond donors (Lipinski definition) is 1. The third-order valence-electron chi connectivity index (χ3n) is 12.3. The van der Waals surface area contributed by atoms with Gasteiger partial charge in [-0.2, -0.15) is 0 Å². The number of carbonyl (C=O) groups excluding carboxylic acids is 7. The molecule has 0 spiro atoms. The molecule has 18 heteroatoms. The van der Waals surface area contributed by atoms with Crippen LogP contribution in [0.2, 0.25) is 0 Å². The van der Waals surface area contributed by atoms with Crippen molar-refractivity contribution in [3.05, 3.63) is 101 Å². The molecule has 1 N–H and O–H groups in total. The van der Waals surface area contributed by atoms with E-state index in [0.717, 1.165) is 11.1 Å². The molecule has 0 aliphatic carbocycles. The first-order chi connectivity index (χ1) is 37.4. The number of hydrogen-bond acceptors (Lipinski definition) is 16. The molecule has 0 unspecified atom stereocenters. The van der Waals surface area contributed by atoms with E-state index in [1.807, 2.05) is 54.6 Å². The smallest absolute Gasteiger partial charge is 0.331 e. The molecule has 0 radical (unpaired) electrons. The fourth-order valence-electron chi connectivity index (χ4n) is 7.36. The Labute approximate surface area is 476 Å². The van der Waals surface area contributed by atoms with E-state index in [-0.39, 0.29) is 38.0 Å². The molecule has 0 bridgehead atoms. The lowest BCUT2D eigenvalue weighted by Gasteiger charge is -2.45. The molecule has 5 rings (SSSR count). The molecule has 1 fully saturated rings. The molecule has 2 heterocycles. The minimum atomic E-state index is -1.68. The number of nitrogens with zero attached hydrogens (tertiary/aromatic N) is 2. The molecular formula is C63H81N3O15. The second-order valence-electron chi connectivity index (χ2n) is 25.7. The van der Waals surface area contributed by atoms with Crippen molar-refractivity contribution in [1.82, 2.24) is 15.1 Å². The molecule has 1 aliphatic rings. The van der Waals surface area contributed by atoms with E-state index in [9.17, 15) is 33.6 Å². The van der Waals surface area contributed by atoms with Gasteiger partial charge >= 0.3 is 35.8 Å². The SMILES string of the molecule is CC(C)(C)C(=O)OCCn1nc(O[C@@H]2O[C@H](COC(=O)C(C)(C)C)[C@@H](OC(=O)C(C)(C)C)[C@H](OC(=O)C(C)(C)C)[C@H]2OC(=O)C(C)(C)C)c2c(C#Cc3ccc(C=CCC(=O)NC(C)(C)C(=O)OCc4ccccc4)cc3)cccc21. The summed E-state index contributed by atoms with van der Waals surface area (Å²) in [4.78, 5) is 93.8. The molecule has 1 aromatic heterocycles. The Morgan fingerprint density at radius 1 is 0.593 bits per heavy atom. The van der Waals surface area contributed by atoms with Gasteiger partial charge in [0.05, 0.1) is 44.5 Å². The Balaban J connectivity index is 1.54. The lowest BCUT2D eigenvalue weighted by atomic mass is 9.93. The molecule has 0 saturated carbocycles. The number of fused-ring (bicyclic) bond motifs is 1. The van der Waals surface area contributed by atoms with Crippen molar-refractivity contribution in [3.8, 4) is 17.7 Å². The van der Waals surface area contributed by atoms with E-state index >= 15 is 0 Å². The van der Waals surface area contributed by atoms with Gasteiger partial charge in [0.2, 0.25) is 24.2 Å². The average molecular weight is 1120 g/mol. The number of amides is 1. The molecule has 1 amide bonds. The molecule has 4 aromatic rings. The number of carbonyl (C=O) groups is 7. The highest BCUT2D eigenvalue weighted by Gasteiger charge is 2.56. The summed E-state index contributed by atoms with van der Waals surface area (Å²) in [5.41, 5.74) is -3.14. The van der Waals surface area contributed by atoms with Gasteiger partial charge in [0.1, 0.15) is 31.5 Å². The van der Waals surface area contributed by atoms with Crippen molar-refractivity contribution in [2.24, 2.45) is 27.1 Å². The predicted octanol–water partition coefficient (Wildman–Crippen LogP) is 9.63. The Kier molecular flexibility index (Phi) is 20.6. The molecule has 3 aromatic carbocycles. The van der Waals surface area contributed by atoms with E-state index in [2.05, 4.69) is 17.2 Å². The van der Waals surface area contributed by atoms with Crippen LogP contribution in [0.5, 0.6) is 5.88 Å². The monoisotopic (exact) mass is 1120 g/mol. The van der Waals surface area contributed by atoms with Crippen LogP contribution >= 0.6 is 0 Å². The van der Waals surface area contributed by atoms with Crippen LogP contribution in [0.15, 0.2) is 78.9 Å². The maximum absolute atomic E-state index is 14.0. The number of aromatic nitrogens is 2. The van der Waals surface area contributed by atoms with Crippen LogP contribution in [0.25, 0.3) is 17.0 Å². The normalized spacial score (nSPS) is 18.0. The zero-order valence-corrected chi connectivity index (χ0v) is 50.0. The van der Waals surface area contributed by atoms with Crippen molar-refractivity contribution in [3.63, 3.8) is 0 Å². The van der Waals surface area contributed by atoms with Crippen molar-refractivity contribution >= 4 is 58.7 Å². The summed E-state index contributed by atoms with van der Waals surface area (Å²) in [6.07, 6.45) is -4.33. The van der Waals surface area contributed by atoms with E-state index in [0.29, 0.717) is 22.0 Å². The van der Waals surface area contributed by atoms with Gasteiger partial charge in [-0.15, -0.1) is 5.10 Å². The number of benzene rings is 3. The molecule has 5 atom stereocenters. The van der Waals surface area contributed by atoms with Crippen LogP contribution in [-0.4, -0.2) is 101 Å². The Bertz CT molecular complexity index is 3000. The zero-order chi connectivity index (χ0) is 60.5. The van der Waals surface area contributed by atoms with Gasteiger partial charge in [0, 0.05) is 17.5 Å². The first-order valence-electron chi connectivity index (χ1n) is 27.1. The van der Waals surface area contributed by atoms with Gasteiger partial charge in [-0.05, 0) is 153 Å². The second kappa shape index (κ2) is 25.9. The summed E-state index contributed by atoms with van der Waals surface area (Å²) >= 11 is 0. The molecule has 81 heavy (non-hydrogen) atoms. The van der Waals surface area contributed by atoms with Crippen molar-refractivity contribution < 1.29 is 71.5 Å². The number of nitrogens with one attached hydrogen (secondary N) is 1. The van der Waals surface area contributed by atoms with Crippen LogP contribution < -0.4 is 10.1 Å². The van der Waals surface area contributed by atoms with Crippen LogP contribution in [-0.2, 0) is 79.9 Å². The molecular weight excluding hydrogens is 1040 g/mol. The Morgan fingerprint density at radius 2 is 1.14 bits per heavy atom. The van der Waals surface area contributed by atoms with Gasteiger partial charge in [-0.25, -0.2) is 4.79 Å². The van der Waals surface area contributed by atoms with Crippen LogP contribution in [0, 0.1) is 38.9 Å². The summed E-state index contributed by atoms with van der Waals surface area (Å²) in [7, 11) is 0. The van der Waals surface area contributed by atoms with Crippen LogP contribution in [0.1, 0.15) is 146 Å². The topological polar surface area (TPSA) is 223 Å². The lowest BCUT2D eigenvalue weighted by molar-refractivity contribution is -0.294. The van der Waals surface area contributed by atoms with E-state index in [4.69, 9.17) is 43.0 Å². The summed E-state index contributed by atoms with van der Waals surface area (Å²) in [5.74, 6) is 2.20. The maximum atomic E-state index is 14.0. The minimum Gasteiger partial charge on any atom is -0.463 e. The summed E-state index contributed by atoms with van der Waals surface area (Å²) < 4.78 is 50.5. The minimum absolute atomic E-state index is 0.00298. The Hall–Kier alpha value is -7.52. The van der Waals surface area contributed by atoms with Gasteiger partial charge < -0.3 is 43.2 Å². The Morgan fingerprint density at radius 3 is 1.70 bits per heavy atom. The van der Waals surface area contributed by atoms with Gasteiger partial charge in [0.25, 0.3) is 0 Å². The molecule has 18 nitrogen and oxygen atoms in total. The van der Waals surface area contributed by atoms with Gasteiger partial charge in [-0.3, -0.25) is 33.4 Å². The first kappa shape index (κ1) is 64.3.